The highest BCUT2D eigenvalue weighted by Crippen LogP contribution is 2.29. The van der Waals surface area contributed by atoms with E-state index in [1.165, 1.54) is 0 Å². The largest absolute Gasteiger partial charge is 0.434 e. The predicted octanol–water partition coefficient (Wildman–Crippen LogP) is 4.00. The fourth-order valence-electron chi connectivity index (χ4n) is 2.54. The second-order valence-corrected chi connectivity index (χ2v) is 6.94. The predicted molar refractivity (Wildman–Crippen MR) is 117 cm³/mol. The number of hydrogen-bond acceptors (Lipinski definition) is 4. The molecule has 1 aromatic heterocycles. The van der Waals surface area contributed by atoms with Crippen molar-refractivity contribution in [3.63, 3.8) is 0 Å². The van der Waals surface area contributed by atoms with E-state index in [0.717, 1.165) is 62.2 Å². The lowest BCUT2D eigenvalue weighted by atomic mass is 10.3. The van der Waals surface area contributed by atoms with Crippen molar-refractivity contribution in [3.05, 3.63) is 16.1 Å². The number of nitrogens with one attached hydrogen (secondary N) is 2. The summed E-state index contributed by atoms with van der Waals surface area (Å²) < 4.78 is 37.6. The highest BCUT2D eigenvalue weighted by atomic mass is 127. The molecule has 0 atom stereocenters. The summed E-state index contributed by atoms with van der Waals surface area (Å²) in [6.45, 7) is 8.95. The lowest BCUT2D eigenvalue weighted by molar-refractivity contribution is -0.140. The van der Waals surface area contributed by atoms with Gasteiger partial charge in [0.2, 0.25) is 0 Å². The highest BCUT2D eigenvalue weighted by Gasteiger charge is 2.33. The molecule has 0 radical (unpaired) electrons. The zero-order chi connectivity index (χ0) is 19.4. The maximum absolute atomic E-state index is 12.5. The van der Waals surface area contributed by atoms with Gasteiger partial charge in [0.25, 0.3) is 0 Å². The molecule has 0 saturated carbocycles. The maximum atomic E-state index is 12.5. The number of guanidine groups is 1. The second-order valence-electron chi connectivity index (χ2n) is 6.00. The lowest BCUT2D eigenvalue weighted by Crippen LogP contribution is -2.39. The summed E-state index contributed by atoms with van der Waals surface area (Å²) in [6, 6.07) is 0. The van der Waals surface area contributed by atoms with Crippen molar-refractivity contribution < 1.29 is 13.2 Å². The summed E-state index contributed by atoms with van der Waals surface area (Å²) in [7, 11) is 1.68. The Balaban J connectivity index is 0.00000676. The van der Waals surface area contributed by atoms with E-state index in [-0.39, 0.29) is 24.0 Å². The Bertz CT molecular complexity index is 531. The van der Waals surface area contributed by atoms with Crippen LogP contribution in [0.2, 0.25) is 0 Å². The molecular formula is C17H31F3IN5S. The Labute approximate surface area is 181 Å². The molecule has 1 rings (SSSR count). The zero-order valence-corrected chi connectivity index (χ0v) is 19.4. The van der Waals surface area contributed by atoms with Gasteiger partial charge in [-0.05, 0) is 38.9 Å². The van der Waals surface area contributed by atoms with E-state index in [2.05, 4.69) is 39.4 Å². The first-order valence-corrected chi connectivity index (χ1v) is 9.97. The van der Waals surface area contributed by atoms with Crippen molar-refractivity contribution >= 4 is 41.3 Å². The van der Waals surface area contributed by atoms with Crippen LogP contribution in [0.25, 0.3) is 0 Å². The molecule has 0 spiro atoms. The van der Waals surface area contributed by atoms with Crippen LogP contribution in [-0.4, -0.2) is 55.6 Å². The Hall–Kier alpha value is -0.620. The first-order valence-electron chi connectivity index (χ1n) is 9.09. The van der Waals surface area contributed by atoms with Gasteiger partial charge in [-0.15, -0.1) is 35.3 Å². The molecule has 0 fully saturated rings. The van der Waals surface area contributed by atoms with Crippen molar-refractivity contribution in [2.45, 2.75) is 45.7 Å². The molecule has 0 bridgehead atoms. The summed E-state index contributed by atoms with van der Waals surface area (Å²) >= 11 is 1.03. The molecule has 5 nitrogen and oxygen atoms in total. The quantitative estimate of drug-likeness (QED) is 0.200. The fraction of sp³-hybridized carbons (Fsp3) is 0.765. The number of hydrogen-bond donors (Lipinski definition) is 2. The molecule has 158 valence electrons. The maximum Gasteiger partial charge on any atom is 0.434 e. The van der Waals surface area contributed by atoms with Crippen molar-refractivity contribution in [2.24, 2.45) is 4.99 Å². The summed E-state index contributed by atoms with van der Waals surface area (Å²) in [4.78, 5) is 10.2. The molecule has 1 aromatic rings. The number of nitrogens with zero attached hydrogens (tertiary/aromatic N) is 3. The molecule has 10 heteroatoms. The van der Waals surface area contributed by atoms with Crippen molar-refractivity contribution in [1.82, 2.24) is 20.5 Å². The Morgan fingerprint density at radius 3 is 2.30 bits per heavy atom. The number of aromatic nitrogens is 1. The van der Waals surface area contributed by atoms with Gasteiger partial charge < -0.3 is 15.5 Å². The first-order chi connectivity index (χ1) is 12.4. The van der Waals surface area contributed by atoms with Crippen molar-refractivity contribution in [1.29, 1.82) is 0 Å². The number of halogens is 4. The van der Waals surface area contributed by atoms with Gasteiger partial charge in [-0.1, -0.05) is 13.8 Å². The molecule has 0 aliphatic rings. The normalized spacial score (nSPS) is 12.2. The minimum absolute atomic E-state index is 0. The molecule has 0 saturated heterocycles. The third kappa shape index (κ3) is 11.1. The van der Waals surface area contributed by atoms with Crippen LogP contribution in [0.15, 0.2) is 10.4 Å². The van der Waals surface area contributed by atoms with E-state index in [4.69, 9.17) is 0 Å². The number of aliphatic imine (C=N–C) groups is 1. The average molecular weight is 521 g/mol. The van der Waals surface area contributed by atoms with Crippen LogP contribution in [-0.2, 0) is 12.6 Å². The van der Waals surface area contributed by atoms with Gasteiger partial charge in [-0.2, -0.15) is 13.2 Å². The molecule has 1 heterocycles. The van der Waals surface area contributed by atoms with Crippen LogP contribution >= 0.6 is 35.3 Å². The van der Waals surface area contributed by atoms with Gasteiger partial charge in [0, 0.05) is 31.9 Å². The van der Waals surface area contributed by atoms with Crippen LogP contribution < -0.4 is 10.6 Å². The van der Waals surface area contributed by atoms with E-state index >= 15 is 0 Å². The van der Waals surface area contributed by atoms with Crippen LogP contribution in [0.3, 0.4) is 0 Å². The second kappa shape index (κ2) is 14.4. The van der Waals surface area contributed by atoms with Crippen molar-refractivity contribution in [2.75, 3.05) is 39.8 Å². The van der Waals surface area contributed by atoms with Gasteiger partial charge in [0.1, 0.15) is 0 Å². The molecule has 0 aliphatic carbocycles. The molecule has 0 aromatic carbocycles. The smallest absolute Gasteiger partial charge is 0.356 e. The zero-order valence-electron chi connectivity index (χ0n) is 16.2. The van der Waals surface area contributed by atoms with Crippen LogP contribution in [0, 0.1) is 0 Å². The van der Waals surface area contributed by atoms with Gasteiger partial charge in [-0.3, -0.25) is 4.99 Å². The standard InChI is InChI=1S/C17H30F3N5S.HI/c1-4-10-25(11-5-2)12-6-8-22-16(21-3)23-9-7-15-24-14(13-26-15)17(18,19)20;/h13H,4-12H2,1-3H3,(H2,21,22,23);1H. The topological polar surface area (TPSA) is 52.5 Å². The third-order valence-corrected chi connectivity index (χ3v) is 4.63. The van der Waals surface area contributed by atoms with E-state index in [9.17, 15) is 13.2 Å². The van der Waals surface area contributed by atoms with Crippen LogP contribution in [0.4, 0.5) is 13.2 Å². The summed E-state index contributed by atoms with van der Waals surface area (Å²) in [6.07, 6.45) is -0.611. The van der Waals surface area contributed by atoms with Gasteiger partial charge in [0.05, 0.1) is 5.01 Å². The van der Waals surface area contributed by atoms with Gasteiger partial charge in [0.15, 0.2) is 11.7 Å². The van der Waals surface area contributed by atoms with E-state index in [1.54, 1.807) is 7.05 Å². The Morgan fingerprint density at radius 2 is 1.78 bits per heavy atom. The molecular weight excluding hydrogens is 490 g/mol. The molecule has 0 unspecified atom stereocenters. The molecule has 0 aliphatic heterocycles. The average Bonchev–Trinajstić information content (AvgIpc) is 3.06. The number of alkyl halides is 3. The SMILES string of the molecule is CCCN(CCC)CCCNC(=NC)NCCc1nc(C(F)(F)F)cs1.I. The highest BCUT2D eigenvalue weighted by molar-refractivity contribution is 14.0. The number of thiazole rings is 1. The van der Waals surface area contributed by atoms with E-state index < -0.39 is 11.9 Å². The minimum Gasteiger partial charge on any atom is -0.356 e. The Kier molecular flexibility index (Phi) is 14.1. The molecule has 2 N–H and O–H groups in total. The van der Waals surface area contributed by atoms with Gasteiger partial charge in [-0.25, -0.2) is 4.98 Å². The first kappa shape index (κ1) is 26.4. The molecule has 27 heavy (non-hydrogen) atoms. The summed E-state index contributed by atoms with van der Waals surface area (Å²) in [5.41, 5.74) is -0.816. The van der Waals surface area contributed by atoms with E-state index in [0.29, 0.717) is 23.9 Å². The summed E-state index contributed by atoms with van der Waals surface area (Å²) in [5, 5.41) is 7.88. The van der Waals surface area contributed by atoms with Crippen LogP contribution in [0.5, 0.6) is 0 Å². The van der Waals surface area contributed by atoms with E-state index in [1.807, 2.05) is 0 Å². The third-order valence-electron chi connectivity index (χ3n) is 3.72. The van der Waals surface area contributed by atoms with Crippen LogP contribution in [0.1, 0.15) is 43.8 Å². The monoisotopic (exact) mass is 521 g/mol. The number of rotatable bonds is 11. The summed E-state index contributed by atoms with van der Waals surface area (Å²) in [5.74, 6) is 0.662. The van der Waals surface area contributed by atoms with Crippen molar-refractivity contribution in [3.8, 4) is 0 Å². The Morgan fingerprint density at radius 1 is 1.15 bits per heavy atom. The fourth-order valence-corrected chi connectivity index (χ4v) is 3.35. The molecule has 0 amide bonds. The lowest BCUT2D eigenvalue weighted by Gasteiger charge is -2.21. The minimum atomic E-state index is -4.37. The van der Waals surface area contributed by atoms with Gasteiger partial charge >= 0.3 is 6.18 Å².